The lowest BCUT2D eigenvalue weighted by atomic mass is 9.76. The predicted octanol–water partition coefficient (Wildman–Crippen LogP) is 4.62. The summed E-state index contributed by atoms with van der Waals surface area (Å²) >= 11 is 0. The first-order chi connectivity index (χ1) is 21.4. The topological polar surface area (TPSA) is 170 Å². The molecule has 2 aromatic carbocycles. The molecule has 11 heteroatoms. The molecule has 46 heavy (non-hydrogen) atoms. The van der Waals surface area contributed by atoms with Crippen LogP contribution in [0.1, 0.15) is 76.7 Å². The number of nitrogens with zero attached hydrogens (tertiary/aromatic N) is 1. The van der Waals surface area contributed by atoms with Gasteiger partial charge in [-0.15, -0.1) is 0 Å². The number of Topliss-reactive ketones (excluding diaryl/α,β-unsaturated/α-hetero) is 4. The van der Waals surface area contributed by atoms with Crippen molar-refractivity contribution < 1.29 is 32.4 Å². The van der Waals surface area contributed by atoms with E-state index in [4.69, 9.17) is 5.14 Å². The second-order valence-electron chi connectivity index (χ2n) is 13.1. The maximum Gasteiger partial charge on any atom is 0.238 e. The summed E-state index contributed by atoms with van der Waals surface area (Å²) < 4.78 is 22.9. The van der Waals surface area contributed by atoms with E-state index in [-0.39, 0.29) is 42.3 Å². The number of nitrogens with two attached hydrogens (primary N) is 1. The molecule has 1 amide bonds. The zero-order valence-electron chi connectivity index (χ0n) is 27.2. The summed E-state index contributed by atoms with van der Waals surface area (Å²) in [4.78, 5) is 70.4. The number of ketones is 4. The van der Waals surface area contributed by atoms with Gasteiger partial charge in [0.2, 0.25) is 21.7 Å². The van der Waals surface area contributed by atoms with Gasteiger partial charge >= 0.3 is 0 Å². The Hall–Kier alpha value is -4.09. The number of rotatable bonds is 15. The van der Waals surface area contributed by atoms with Crippen LogP contribution in [0.5, 0.6) is 0 Å². The van der Waals surface area contributed by atoms with Crippen LogP contribution < -0.4 is 10.5 Å². The fourth-order valence-corrected chi connectivity index (χ4v) is 5.79. The number of hydrogen-bond donors (Lipinski definition) is 2. The first-order valence-corrected chi connectivity index (χ1v) is 16.8. The van der Waals surface area contributed by atoms with Crippen LogP contribution in [0, 0.1) is 23.2 Å². The average molecular weight is 650 g/mol. The number of para-hydroxylation sites is 1. The van der Waals surface area contributed by atoms with Crippen molar-refractivity contribution >= 4 is 50.0 Å². The number of benzene rings is 2. The van der Waals surface area contributed by atoms with Gasteiger partial charge in [-0.1, -0.05) is 65.0 Å². The van der Waals surface area contributed by atoms with Gasteiger partial charge in [-0.3, -0.25) is 29.0 Å². The number of carbonyl (C=O) groups is 5. The molecule has 3 rings (SSSR count). The van der Waals surface area contributed by atoms with E-state index < -0.39 is 56.6 Å². The van der Waals surface area contributed by atoms with Gasteiger partial charge in [-0.05, 0) is 54.5 Å². The molecule has 0 saturated carbocycles. The number of aryl methyl sites for hydroxylation is 1. The second kappa shape index (κ2) is 15.0. The minimum atomic E-state index is -3.84. The fourth-order valence-electron chi connectivity index (χ4n) is 5.28. The number of nitrogens with one attached hydrogen (secondary N) is 1. The van der Waals surface area contributed by atoms with E-state index in [1.165, 1.54) is 31.2 Å². The normalized spacial score (nSPS) is 14.0. The molecule has 246 valence electrons. The summed E-state index contributed by atoms with van der Waals surface area (Å²) in [5.74, 6) is -4.28. The number of pyridine rings is 1. The van der Waals surface area contributed by atoms with Crippen molar-refractivity contribution in [2.75, 3.05) is 0 Å². The summed E-state index contributed by atoms with van der Waals surface area (Å²) in [5, 5.41) is 8.57. The lowest BCUT2D eigenvalue weighted by Crippen LogP contribution is -2.46. The molecule has 0 fully saturated rings. The average Bonchev–Trinajstić information content (AvgIpc) is 2.99. The second-order valence-corrected chi connectivity index (χ2v) is 14.7. The van der Waals surface area contributed by atoms with Crippen molar-refractivity contribution in [2.24, 2.45) is 28.3 Å². The minimum Gasteiger partial charge on any atom is -0.346 e. The number of aromatic nitrogens is 1. The van der Waals surface area contributed by atoms with Crippen LogP contribution in [-0.2, 0) is 35.6 Å². The highest BCUT2D eigenvalue weighted by Gasteiger charge is 2.36. The lowest BCUT2D eigenvalue weighted by Gasteiger charge is -2.30. The Balaban J connectivity index is 1.64. The maximum atomic E-state index is 13.5. The molecule has 0 aliphatic heterocycles. The van der Waals surface area contributed by atoms with E-state index in [1.807, 2.05) is 45.0 Å². The Kier molecular flexibility index (Phi) is 11.9. The van der Waals surface area contributed by atoms with Crippen molar-refractivity contribution in [1.29, 1.82) is 0 Å². The summed E-state index contributed by atoms with van der Waals surface area (Å²) in [7, 11) is -3.84. The Labute approximate surface area is 270 Å². The molecule has 0 radical (unpaired) electrons. The van der Waals surface area contributed by atoms with Crippen molar-refractivity contribution in [2.45, 2.75) is 78.2 Å². The van der Waals surface area contributed by atoms with Crippen LogP contribution in [0.15, 0.2) is 65.7 Å². The number of sulfonamides is 1. The first kappa shape index (κ1) is 36.4. The highest BCUT2D eigenvalue weighted by Crippen LogP contribution is 2.31. The molecule has 0 bridgehead atoms. The molecule has 3 aromatic rings. The largest absolute Gasteiger partial charge is 0.346 e. The molecule has 0 spiro atoms. The number of primary sulfonamides is 1. The molecular formula is C35H43N3O7S. The van der Waals surface area contributed by atoms with Crippen molar-refractivity contribution in [3.05, 3.63) is 71.9 Å². The van der Waals surface area contributed by atoms with Crippen molar-refractivity contribution in [3.63, 3.8) is 0 Å². The molecule has 0 aliphatic rings. The van der Waals surface area contributed by atoms with E-state index in [0.29, 0.717) is 22.0 Å². The molecule has 0 unspecified atom stereocenters. The predicted molar refractivity (Wildman–Crippen MR) is 175 cm³/mol. The molecule has 0 aliphatic carbocycles. The summed E-state index contributed by atoms with van der Waals surface area (Å²) in [5.41, 5.74) is 1.20. The fraction of sp³-hybridized carbons (Fsp3) is 0.429. The van der Waals surface area contributed by atoms with Crippen LogP contribution in [0.3, 0.4) is 0 Å². The quantitative estimate of drug-likeness (QED) is 0.177. The van der Waals surface area contributed by atoms with Crippen LogP contribution in [0.25, 0.3) is 10.9 Å². The Morgan fingerprint density at radius 3 is 2.11 bits per heavy atom. The van der Waals surface area contributed by atoms with E-state index in [2.05, 4.69) is 10.3 Å². The van der Waals surface area contributed by atoms with Crippen molar-refractivity contribution in [1.82, 2.24) is 10.3 Å². The van der Waals surface area contributed by atoms with Gasteiger partial charge in [-0.25, -0.2) is 13.6 Å². The minimum absolute atomic E-state index is 0.0546. The highest BCUT2D eigenvalue weighted by atomic mass is 32.2. The molecule has 0 saturated heterocycles. The third kappa shape index (κ3) is 9.46. The number of fused-ring (bicyclic) bond motifs is 1. The monoisotopic (exact) mass is 649 g/mol. The summed E-state index contributed by atoms with van der Waals surface area (Å²) in [6.45, 7) is 10.6. The van der Waals surface area contributed by atoms with E-state index in [9.17, 15) is 32.4 Å². The zero-order valence-corrected chi connectivity index (χ0v) is 28.0. The molecular weight excluding hydrogens is 606 g/mol. The number of amides is 1. The SMILES string of the molecule is CC(C)[C@H](CC(=O)[C@H](C)NC(=O)[C@@H](CC(=O)c1ccnc2ccccc12)C(C)(C)C)C(=O)C(=O)CCc1ccc(S(N)(=O)=O)cc1. The van der Waals surface area contributed by atoms with Gasteiger partial charge in [0, 0.05) is 42.3 Å². The molecule has 10 nitrogen and oxygen atoms in total. The number of carbonyl (C=O) groups excluding carboxylic acids is 5. The van der Waals surface area contributed by atoms with Gasteiger partial charge in [0.15, 0.2) is 17.3 Å². The summed E-state index contributed by atoms with van der Waals surface area (Å²) in [6.07, 6.45) is 1.37. The van der Waals surface area contributed by atoms with Gasteiger partial charge < -0.3 is 5.32 Å². The van der Waals surface area contributed by atoms with Crippen molar-refractivity contribution in [3.8, 4) is 0 Å². The standard InChI is InChI=1S/C35H43N3O7S/c1-21(2)27(33(42)30(39)16-13-23-11-14-24(15-12-23)46(36,44)45)19-31(40)22(3)38-34(43)28(35(4,5)6)20-32(41)26-17-18-37-29-10-8-7-9-25(26)29/h7-12,14-15,17-18,21-22,27-28H,13,16,19-20H2,1-6H3,(H,38,43)(H2,36,44,45)/t22-,27-,28+/m0/s1. The van der Waals surface area contributed by atoms with Gasteiger partial charge in [0.25, 0.3) is 0 Å². The zero-order chi connectivity index (χ0) is 34.4. The smallest absolute Gasteiger partial charge is 0.238 e. The van der Waals surface area contributed by atoms with E-state index in [1.54, 1.807) is 26.1 Å². The molecule has 1 aromatic heterocycles. The van der Waals surface area contributed by atoms with Crippen LogP contribution in [-0.4, -0.2) is 48.5 Å². The van der Waals surface area contributed by atoms with Crippen LogP contribution in [0.2, 0.25) is 0 Å². The Morgan fingerprint density at radius 1 is 0.891 bits per heavy atom. The third-order valence-electron chi connectivity index (χ3n) is 8.27. The highest BCUT2D eigenvalue weighted by molar-refractivity contribution is 7.89. The molecule has 1 heterocycles. The van der Waals surface area contributed by atoms with Gasteiger partial charge in [0.05, 0.1) is 22.4 Å². The van der Waals surface area contributed by atoms with Crippen LogP contribution in [0.4, 0.5) is 0 Å². The Morgan fingerprint density at radius 2 is 1.52 bits per heavy atom. The number of hydrogen-bond acceptors (Lipinski definition) is 8. The maximum absolute atomic E-state index is 13.5. The summed E-state index contributed by atoms with van der Waals surface area (Å²) in [6, 6.07) is 13.7. The Bertz CT molecular complexity index is 1720. The lowest BCUT2D eigenvalue weighted by molar-refractivity contribution is -0.141. The van der Waals surface area contributed by atoms with Crippen LogP contribution >= 0.6 is 0 Å². The molecule has 3 N–H and O–H groups in total. The first-order valence-electron chi connectivity index (χ1n) is 15.3. The molecule has 3 atom stereocenters. The van der Waals surface area contributed by atoms with Gasteiger partial charge in [0.1, 0.15) is 0 Å². The van der Waals surface area contributed by atoms with E-state index in [0.717, 1.165) is 0 Å². The van der Waals surface area contributed by atoms with Gasteiger partial charge in [-0.2, -0.15) is 0 Å². The third-order valence-corrected chi connectivity index (χ3v) is 9.20. The van der Waals surface area contributed by atoms with E-state index >= 15 is 0 Å².